The van der Waals surface area contributed by atoms with Crippen LogP contribution in [0.3, 0.4) is 0 Å². The summed E-state index contributed by atoms with van der Waals surface area (Å²) in [7, 11) is 1.61. The minimum absolute atomic E-state index is 0.0185. The summed E-state index contributed by atoms with van der Waals surface area (Å²) < 4.78 is 5.90. The number of carbonyl (C=O) groups excluding carboxylic acids is 1. The lowest BCUT2D eigenvalue weighted by Gasteiger charge is -2.09. The number of nitrogen functional groups attached to an aromatic ring is 1. The van der Waals surface area contributed by atoms with Crippen LogP contribution in [-0.2, 0) is 9.53 Å². The topological polar surface area (TPSA) is 76.4 Å². The van der Waals surface area contributed by atoms with Gasteiger partial charge in [0.25, 0.3) is 0 Å². The van der Waals surface area contributed by atoms with Crippen LogP contribution in [0.5, 0.6) is 0 Å². The summed E-state index contributed by atoms with van der Waals surface area (Å²) in [5.74, 6) is 0.0185. The number of nitrogens with two attached hydrogens (primary N) is 1. The normalized spacial score (nSPS) is 10.1. The molecule has 6 heteroatoms. The van der Waals surface area contributed by atoms with E-state index in [-0.39, 0.29) is 5.91 Å². The van der Waals surface area contributed by atoms with E-state index < -0.39 is 0 Å². The van der Waals surface area contributed by atoms with Gasteiger partial charge in [-0.1, -0.05) is 0 Å². The van der Waals surface area contributed by atoms with Crippen molar-refractivity contribution in [2.24, 2.45) is 0 Å². The molecule has 1 aromatic rings. The number of benzene rings is 1. The first-order chi connectivity index (χ1) is 8.63. The van der Waals surface area contributed by atoms with Gasteiger partial charge in [0.05, 0.1) is 6.61 Å². The fourth-order valence-corrected chi connectivity index (χ4v) is 2.10. The highest BCUT2D eigenvalue weighted by atomic mass is 127. The molecule has 0 heterocycles. The van der Waals surface area contributed by atoms with Crippen molar-refractivity contribution in [1.82, 2.24) is 5.32 Å². The van der Waals surface area contributed by atoms with Gasteiger partial charge >= 0.3 is 0 Å². The minimum Gasteiger partial charge on any atom is -0.399 e. The van der Waals surface area contributed by atoms with Crippen molar-refractivity contribution >= 4 is 39.9 Å². The quantitative estimate of drug-likeness (QED) is 0.389. The Balaban J connectivity index is 2.26. The molecule has 0 saturated carbocycles. The molecule has 0 saturated heterocycles. The molecule has 0 atom stereocenters. The molecule has 0 fully saturated rings. The van der Waals surface area contributed by atoms with E-state index in [0.717, 1.165) is 14.9 Å². The molecule has 18 heavy (non-hydrogen) atoms. The summed E-state index contributed by atoms with van der Waals surface area (Å²) in [6.07, 6.45) is 0.435. The van der Waals surface area contributed by atoms with Crippen LogP contribution in [0.1, 0.15) is 6.42 Å². The molecule has 4 N–H and O–H groups in total. The molecule has 100 valence electrons. The number of rotatable bonds is 7. The van der Waals surface area contributed by atoms with Crippen LogP contribution in [0.4, 0.5) is 11.4 Å². The summed E-state index contributed by atoms with van der Waals surface area (Å²) in [5, 5.41) is 5.97. The smallest absolute Gasteiger partial charge is 0.221 e. The molecule has 0 aliphatic rings. The summed E-state index contributed by atoms with van der Waals surface area (Å²) in [6, 6.07) is 5.64. The molecule has 0 spiro atoms. The fraction of sp³-hybridized carbons (Fsp3) is 0.417. The third kappa shape index (κ3) is 5.54. The second-order valence-corrected chi connectivity index (χ2v) is 4.92. The van der Waals surface area contributed by atoms with Gasteiger partial charge in [-0.15, -0.1) is 0 Å². The molecule has 0 radical (unpaired) electrons. The van der Waals surface area contributed by atoms with Crippen molar-refractivity contribution in [3.8, 4) is 0 Å². The Morgan fingerprint density at radius 1 is 1.44 bits per heavy atom. The predicted molar refractivity (Wildman–Crippen MR) is 81.6 cm³/mol. The average Bonchev–Trinajstić information content (AvgIpc) is 2.32. The highest BCUT2D eigenvalue weighted by Gasteiger charge is 2.02. The van der Waals surface area contributed by atoms with Crippen LogP contribution in [-0.4, -0.2) is 32.7 Å². The van der Waals surface area contributed by atoms with Crippen molar-refractivity contribution in [2.75, 3.05) is 37.9 Å². The highest BCUT2D eigenvalue weighted by Crippen LogP contribution is 2.20. The zero-order valence-electron chi connectivity index (χ0n) is 10.3. The number of hydrogen-bond donors (Lipinski definition) is 3. The van der Waals surface area contributed by atoms with Crippen LogP contribution < -0.4 is 16.4 Å². The third-order valence-electron chi connectivity index (χ3n) is 2.29. The van der Waals surface area contributed by atoms with E-state index in [4.69, 9.17) is 10.5 Å². The number of carbonyl (C=O) groups is 1. The van der Waals surface area contributed by atoms with E-state index in [1.165, 1.54) is 0 Å². The maximum atomic E-state index is 11.4. The van der Waals surface area contributed by atoms with Crippen LogP contribution in [0, 0.1) is 3.57 Å². The Morgan fingerprint density at radius 2 is 2.22 bits per heavy atom. The lowest BCUT2D eigenvalue weighted by Crippen LogP contribution is -2.28. The standard InChI is InChI=1S/C12H18IN3O2/c1-18-7-6-16-12(17)4-5-15-11-3-2-9(14)8-10(11)13/h2-3,8,15H,4-7,14H2,1H3,(H,16,17). The van der Waals surface area contributed by atoms with E-state index in [1.54, 1.807) is 7.11 Å². The van der Waals surface area contributed by atoms with Crippen LogP contribution in [0.15, 0.2) is 18.2 Å². The lowest BCUT2D eigenvalue weighted by atomic mass is 10.3. The molecule has 5 nitrogen and oxygen atoms in total. The number of ether oxygens (including phenoxy) is 1. The largest absolute Gasteiger partial charge is 0.399 e. The number of halogens is 1. The summed E-state index contributed by atoms with van der Waals surface area (Å²) in [5.41, 5.74) is 7.40. The van der Waals surface area contributed by atoms with Crippen molar-refractivity contribution < 1.29 is 9.53 Å². The van der Waals surface area contributed by atoms with Gasteiger partial charge in [0.15, 0.2) is 0 Å². The van der Waals surface area contributed by atoms with E-state index in [9.17, 15) is 4.79 Å². The van der Waals surface area contributed by atoms with Crippen molar-refractivity contribution in [3.05, 3.63) is 21.8 Å². The Morgan fingerprint density at radius 3 is 2.89 bits per heavy atom. The number of nitrogens with one attached hydrogen (secondary N) is 2. The summed E-state index contributed by atoms with van der Waals surface area (Å²) in [4.78, 5) is 11.4. The fourth-order valence-electron chi connectivity index (χ4n) is 1.37. The van der Waals surface area contributed by atoms with Crippen molar-refractivity contribution in [1.29, 1.82) is 0 Å². The molecule has 1 amide bonds. The van der Waals surface area contributed by atoms with Gasteiger partial charge in [-0.2, -0.15) is 0 Å². The summed E-state index contributed by atoms with van der Waals surface area (Å²) in [6.45, 7) is 1.68. The zero-order valence-corrected chi connectivity index (χ0v) is 12.5. The Bertz CT molecular complexity index is 399. The first kappa shape index (κ1) is 15.0. The monoisotopic (exact) mass is 363 g/mol. The first-order valence-electron chi connectivity index (χ1n) is 5.68. The van der Waals surface area contributed by atoms with E-state index >= 15 is 0 Å². The molecule has 0 bridgehead atoms. The zero-order chi connectivity index (χ0) is 13.4. The SMILES string of the molecule is COCCNC(=O)CCNc1ccc(N)cc1I. The first-order valence-corrected chi connectivity index (χ1v) is 6.76. The van der Waals surface area contributed by atoms with E-state index in [1.807, 2.05) is 18.2 Å². The van der Waals surface area contributed by atoms with Crippen molar-refractivity contribution in [2.45, 2.75) is 6.42 Å². The minimum atomic E-state index is 0.0185. The maximum absolute atomic E-state index is 11.4. The molecule has 0 aliphatic heterocycles. The highest BCUT2D eigenvalue weighted by molar-refractivity contribution is 14.1. The predicted octanol–water partition coefficient (Wildman–Crippen LogP) is 1.44. The third-order valence-corrected chi connectivity index (χ3v) is 3.18. The lowest BCUT2D eigenvalue weighted by molar-refractivity contribution is -0.121. The Hall–Kier alpha value is -1.02. The van der Waals surface area contributed by atoms with Crippen LogP contribution in [0.2, 0.25) is 0 Å². The average molecular weight is 363 g/mol. The molecule has 1 rings (SSSR count). The van der Waals surface area contributed by atoms with Gasteiger partial charge in [0, 0.05) is 41.6 Å². The van der Waals surface area contributed by atoms with E-state index in [2.05, 4.69) is 33.2 Å². The second-order valence-electron chi connectivity index (χ2n) is 3.76. The molecular formula is C12H18IN3O2. The number of methoxy groups -OCH3 is 1. The second kappa shape index (κ2) is 8.15. The van der Waals surface area contributed by atoms with E-state index in [0.29, 0.717) is 26.1 Å². The number of anilines is 2. The summed E-state index contributed by atoms with van der Waals surface area (Å²) >= 11 is 2.21. The van der Waals surface area contributed by atoms with Gasteiger partial charge in [-0.25, -0.2) is 0 Å². The Labute approximate surface area is 121 Å². The van der Waals surface area contributed by atoms with Crippen molar-refractivity contribution in [3.63, 3.8) is 0 Å². The number of hydrogen-bond acceptors (Lipinski definition) is 4. The molecule has 1 aromatic carbocycles. The van der Waals surface area contributed by atoms with Gasteiger partial charge in [-0.05, 0) is 40.8 Å². The van der Waals surface area contributed by atoms with Crippen LogP contribution >= 0.6 is 22.6 Å². The van der Waals surface area contributed by atoms with Gasteiger partial charge in [0.1, 0.15) is 0 Å². The maximum Gasteiger partial charge on any atom is 0.221 e. The molecule has 0 aromatic heterocycles. The van der Waals surface area contributed by atoms with Gasteiger partial charge < -0.3 is 21.1 Å². The Kier molecular flexibility index (Phi) is 6.81. The molecular weight excluding hydrogens is 345 g/mol. The van der Waals surface area contributed by atoms with Gasteiger partial charge in [0.2, 0.25) is 5.91 Å². The number of amides is 1. The van der Waals surface area contributed by atoms with Crippen LogP contribution in [0.25, 0.3) is 0 Å². The molecule has 0 aliphatic carbocycles. The van der Waals surface area contributed by atoms with Gasteiger partial charge in [-0.3, -0.25) is 4.79 Å². The molecule has 0 unspecified atom stereocenters.